The van der Waals surface area contributed by atoms with Crippen molar-refractivity contribution in [2.75, 3.05) is 7.05 Å². The highest BCUT2D eigenvalue weighted by Crippen LogP contribution is 2.26. The monoisotopic (exact) mass is 212 g/mol. The average molecular weight is 212 g/mol. The van der Waals surface area contributed by atoms with Crippen molar-refractivity contribution >= 4 is 0 Å². The van der Waals surface area contributed by atoms with Crippen LogP contribution in [0.15, 0.2) is 77.5 Å². The lowest BCUT2D eigenvalue weighted by atomic mass is 9.99. The molecule has 16 heavy (non-hydrogen) atoms. The van der Waals surface area contributed by atoms with Gasteiger partial charge in [0.15, 0.2) is 0 Å². The molecule has 0 saturated heterocycles. The van der Waals surface area contributed by atoms with Gasteiger partial charge in [0.1, 0.15) is 6.04 Å². The van der Waals surface area contributed by atoms with Crippen molar-refractivity contribution in [3.8, 4) is 0 Å². The maximum atomic E-state index is 4.22. The zero-order valence-electron chi connectivity index (χ0n) is 9.50. The molecule has 82 valence electrons. The van der Waals surface area contributed by atoms with Crippen LogP contribution in [0.5, 0.6) is 0 Å². The van der Waals surface area contributed by atoms with E-state index in [4.69, 9.17) is 0 Å². The Hall–Kier alpha value is -1.96. The Morgan fingerprint density at radius 3 is 2.44 bits per heavy atom. The molecule has 2 nitrogen and oxygen atoms in total. The minimum atomic E-state index is -0.0956. The molecule has 0 amide bonds. The number of benzene rings is 1. The molecule has 0 N–H and O–H groups in total. The zero-order chi connectivity index (χ0) is 11.8. The smallest absolute Gasteiger partial charge is 0.121 e. The van der Waals surface area contributed by atoms with Gasteiger partial charge in [-0.05, 0) is 11.1 Å². The second kappa shape index (κ2) is 6.51. The van der Waals surface area contributed by atoms with Crippen LogP contribution in [-0.2, 0) is 0 Å². The van der Waals surface area contributed by atoms with Crippen LogP contribution in [0.1, 0.15) is 11.6 Å². The number of azo groups is 1. The zero-order valence-corrected chi connectivity index (χ0v) is 9.50. The standard InChI is InChI=1S/C14H16N2/c1-4-9-12(5-2)14(16-15-3)13-10-7-6-8-11-13/h4-11,14H,1-2H2,3H3/b12-9+,16-15?. The predicted molar refractivity (Wildman–Crippen MR) is 68.4 cm³/mol. The first-order chi connectivity index (χ1) is 7.83. The first kappa shape index (κ1) is 12.1. The van der Waals surface area contributed by atoms with E-state index < -0.39 is 0 Å². The van der Waals surface area contributed by atoms with E-state index in [1.165, 1.54) is 0 Å². The van der Waals surface area contributed by atoms with E-state index in [-0.39, 0.29) is 6.04 Å². The fourth-order valence-corrected chi connectivity index (χ4v) is 1.48. The summed E-state index contributed by atoms with van der Waals surface area (Å²) in [5.41, 5.74) is 2.09. The summed E-state index contributed by atoms with van der Waals surface area (Å²) in [5, 5.41) is 8.09. The van der Waals surface area contributed by atoms with Gasteiger partial charge in [0.05, 0.1) is 0 Å². The quantitative estimate of drug-likeness (QED) is 0.518. The molecule has 0 aliphatic heterocycles. The molecule has 1 aromatic carbocycles. The van der Waals surface area contributed by atoms with E-state index in [1.807, 2.05) is 36.4 Å². The molecule has 1 atom stereocenters. The molecule has 0 spiro atoms. The molecule has 1 unspecified atom stereocenters. The van der Waals surface area contributed by atoms with Gasteiger partial charge in [0.25, 0.3) is 0 Å². The summed E-state index contributed by atoms with van der Waals surface area (Å²) >= 11 is 0. The summed E-state index contributed by atoms with van der Waals surface area (Å²) in [7, 11) is 1.67. The molecule has 0 saturated carbocycles. The third-order valence-electron chi connectivity index (χ3n) is 2.21. The number of rotatable bonds is 5. The first-order valence-electron chi connectivity index (χ1n) is 5.12. The van der Waals surface area contributed by atoms with Crippen LogP contribution in [0.2, 0.25) is 0 Å². The number of nitrogens with zero attached hydrogens (tertiary/aromatic N) is 2. The lowest BCUT2D eigenvalue weighted by molar-refractivity contribution is 0.795. The van der Waals surface area contributed by atoms with E-state index in [1.54, 1.807) is 19.2 Å². The molecule has 0 fully saturated rings. The largest absolute Gasteiger partial charge is 0.197 e. The normalized spacial score (nSPS) is 13.7. The van der Waals surface area contributed by atoms with E-state index in [0.29, 0.717) is 0 Å². The van der Waals surface area contributed by atoms with E-state index in [9.17, 15) is 0 Å². The highest BCUT2D eigenvalue weighted by Gasteiger charge is 2.12. The Balaban J connectivity index is 3.13. The van der Waals surface area contributed by atoms with E-state index in [2.05, 4.69) is 23.4 Å². The van der Waals surface area contributed by atoms with Gasteiger partial charge < -0.3 is 0 Å². The van der Waals surface area contributed by atoms with Gasteiger partial charge in [-0.3, -0.25) is 0 Å². The number of hydrogen-bond donors (Lipinski definition) is 0. The van der Waals surface area contributed by atoms with Gasteiger partial charge in [0, 0.05) is 7.05 Å². The van der Waals surface area contributed by atoms with E-state index in [0.717, 1.165) is 11.1 Å². The van der Waals surface area contributed by atoms with Crippen LogP contribution >= 0.6 is 0 Å². The minimum Gasteiger partial charge on any atom is -0.197 e. The highest BCUT2D eigenvalue weighted by molar-refractivity contribution is 5.35. The van der Waals surface area contributed by atoms with Crippen LogP contribution in [0.4, 0.5) is 0 Å². The van der Waals surface area contributed by atoms with E-state index >= 15 is 0 Å². The summed E-state index contributed by atoms with van der Waals surface area (Å²) in [4.78, 5) is 0. The van der Waals surface area contributed by atoms with Crippen LogP contribution in [0.25, 0.3) is 0 Å². The minimum absolute atomic E-state index is 0.0956. The lowest BCUT2D eigenvalue weighted by Gasteiger charge is -2.12. The third kappa shape index (κ3) is 3.02. The Labute approximate surface area is 96.7 Å². The third-order valence-corrected chi connectivity index (χ3v) is 2.21. The maximum absolute atomic E-state index is 4.22. The topological polar surface area (TPSA) is 24.7 Å². The van der Waals surface area contributed by atoms with Crippen molar-refractivity contribution in [3.63, 3.8) is 0 Å². The molecule has 0 radical (unpaired) electrons. The molecule has 0 aliphatic carbocycles. The van der Waals surface area contributed by atoms with Gasteiger partial charge in [0.2, 0.25) is 0 Å². The van der Waals surface area contributed by atoms with Gasteiger partial charge in [-0.1, -0.05) is 61.7 Å². The number of hydrogen-bond acceptors (Lipinski definition) is 2. The summed E-state index contributed by atoms with van der Waals surface area (Å²) in [6.07, 6.45) is 5.42. The molecule has 1 rings (SSSR count). The number of allylic oxidation sites excluding steroid dienone is 2. The SMILES string of the molecule is C=C/C=C(\C=C)C(N=NC)c1ccccc1. The molecular weight excluding hydrogens is 196 g/mol. The maximum Gasteiger partial charge on any atom is 0.121 e. The highest BCUT2D eigenvalue weighted by atomic mass is 15.1. The van der Waals surface area contributed by atoms with Gasteiger partial charge in [-0.15, -0.1) is 0 Å². The van der Waals surface area contributed by atoms with Crippen LogP contribution < -0.4 is 0 Å². The Morgan fingerprint density at radius 1 is 1.25 bits per heavy atom. The molecule has 0 aromatic heterocycles. The summed E-state index contributed by atoms with van der Waals surface area (Å²) in [6.45, 7) is 7.48. The van der Waals surface area contributed by atoms with Crippen molar-refractivity contribution < 1.29 is 0 Å². The summed E-state index contributed by atoms with van der Waals surface area (Å²) in [5.74, 6) is 0. The molecule has 0 aliphatic rings. The summed E-state index contributed by atoms with van der Waals surface area (Å²) < 4.78 is 0. The van der Waals surface area contributed by atoms with Gasteiger partial charge in [-0.2, -0.15) is 10.2 Å². The molecule has 0 heterocycles. The van der Waals surface area contributed by atoms with Crippen molar-refractivity contribution in [2.24, 2.45) is 10.2 Å². The first-order valence-corrected chi connectivity index (χ1v) is 5.12. The van der Waals surface area contributed by atoms with Crippen molar-refractivity contribution in [2.45, 2.75) is 6.04 Å². The second-order valence-corrected chi connectivity index (χ2v) is 3.24. The lowest BCUT2D eigenvalue weighted by Crippen LogP contribution is -1.97. The Bertz CT molecular complexity index is 402. The Morgan fingerprint density at radius 2 is 1.94 bits per heavy atom. The molecule has 0 bridgehead atoms. The predicted octanol–water partition coefficient (Wildman–Crippen LogP) is 4.11. The second-order valence-electron chi connectivity index (χ2n) is 3.24. The molecule has 1 aromatic rings. The van der Waals surface area contributed by atoms with Crippen LogP contribution in [0, 0.1) is 0 Å². The van der Waals surface area contributed by atoms with Crippen molar-refractivity contribution in [1.82, 2.24) is 0 Å². The molecule has 2 heteroatoms. The average Bonchev–Trinajstić information content (AvgIpc) is 2.35. The fraction of sp³-hybridized carbons (Fsp3) is 0.143. The van der Waals surface area contributed by atoms with Gasteiger partial charge >= 0.3 is 0 Å². The Kier molecular flexibility index (Phi) is 4.93. The van der Waals surface area contributed by atoms with Crippen molar-refractivity contribution in [3.05, 3.63) is 72.9 Å². The summed E-state index contributed by atoms with van der Waals surface area (Å²) in [6, 6.07) is 9.92. The fourth-order valence-electron chi connectivity index (χ4n) is 1.48. The van der Waals surface area contributed by atoms with Gasteiger partial charge in [-0.25, -0.2) is 0 Å². The molecular formula is C14H16N2. The van der Waals surface area contributed by atoms with Crippen LogP contribution in [-0.4, -0.2) is 7.05 Å². The van der Waals surface area contributed by atoms with Crippen LogP contribution in [0.3, 0.4) is 0 Å². The van der Waals surface area contributed by atoms with Crippen molar-refractivity contribution in [1.29, 1.82) is 0 Å².